The molecule has 0 radical (unpaired) electrons. The van der Waals surface area contributed by atoms with E-state index in [1.54, 1.807) is 6.92 Å². The number of aryl methyl sites for hydroxylation is 1. The Bertz CT molecular complexity index is 534. The standard InChI is InChI=1S/C11H18N4O6/c1-5-2-8(19)14-11(13-5)15-12-3-6(17)9(20)10(21)7(18)4-16/h2-3,6-7,9-10,16-18,20-21H,4H2,1H3,(H2,13,14,15,19)/b12-3+/t6-,7+,9+,10+/m0/s1. The highest BCUT2D eigenvalue weighted by molar-refractivity contribution is 5.64. The predicted molar refractivity (Wildman–Crippen MR) is 72.8 cm³/mol. The van der Waals surface area contributed by atoms with Crippen molar-refractivity contribution in [2.75, 3.05) is 12.0 Å². The highest BCUT2D eigenvalue weighted by Crippen LogP contribution is 2.04. The molecule has 0 unspecified atom stereocenters. The van der Waals surface area contributed by atoms with E-state index >= 15 is 0 Å². The van der Waals surface area contributed by atoms with Crippen LogP contribution in [0, 0.1) is 6.92 Å². The third-order valence-corrected chi connectivity index (χ3v) is 2.55. The highest BCUT2D eigenvalue weighted by Gasteiger charge is 2.29. The molecule has 21 heavy (non-hydrogen) atoms. The van der Waals surface area contributed by atoms with Crippen LogP contribution >= 0.6 is 0 Å². The maximum absolute atomic E-state index is 11.2. The van der Waals surface area contributed by atoms with Crippen molar-refractivity contribution in [3.63, 3.8) is 0 Å². The number of aliphatic hydroxyl groups excluding tert-OH is 5. The minimum absolute atomic E-state index is 0.0360. The second kappa shape index (κ2) is 7.81. The molecule has 1 aromatic heterocycles. The molecular formula is C11H18N4O6. The number of rotatable bonds is 7. The largest absolute Gasteiger partial charge is 0.394 e. The molecular weight excluding hydrogens is 284 g/mol. The monoisotopic (exact) mass is 302 g/mol. The van der Waals surface area contributed by atoms with Crippen molar-refractivity contribution in [2.45, 2.75) is 31.3 Å². The molecule has 0 aliphatic heterocycles. The summed E-state index contributed by atoms with van der Waals surface area (Å²) >= 11 is 0. The number of hydrogen-bond acceptors (Lipinski definition) is 9. The highest BCUT2D eigenvalue weighted by atomic mass is 16.4. The second-order valence-electron chi connectivity index (χ2n) is 4.35. The number of hydrazone groups is 1. The maximum Gasteiger partial charge on any atom is 0.252 e. The molecule has 0 saturated heterocycles. The normalized spacial score (nSPS) is 17.4. The van der Waals surface area contributed by atoms with Crippen LogP contribution in [0.4, 0.5) is 5.95 Å². The van der Waals surface area contributed by atoms with Gasteiger partial charge in [0.15, 0.2) is 0 Å². The lowest BCUT2D eigenvalue weighted by Crippen LogP contribution is -2.46. The number of aliphatic hydroxyl groups is 5. The fraction of sp³-hybridized carbons (Fsp3) is 0.545. The van der Waals surface area contributed by atoms with Gasteiger partial charge in [0.1, 0.15) is 24.4 Å². The molecule has 118 valence electrons. The summed E-state index contributed by atoms with van der Waals surface area (Å²) < 4.78 is 0. The third kappa shape index (κ3) is 5.21. The summed E-state index contributed by atoms with van der Waals surface area (Å²) in [4.78, 5) is 17.4. The summed E-state index contributed by atoms with van der Waals surface area (Å²) in [7, 11) is 0. The van der Waals surface area contributed by atoms with E-state index in [0.717, 1.165) is 6.21 Å². The first-order valence-corrected chi connectivity index (χ1v) is 6.05. The molecule has 0 spiro atoms. The Morgan fingerprint density at radius 3 is 2.62 bits per heavy atom. The van der Waals surface area contributed by atoms with E-state index in [-0.39, 0.29) is 11.5 Å². The molecule has 0 amide bonds. The summed E-state index contributed by atoms with van der Waals surface area (Å²) in [5.74, 6) is 0.0360. The van der Waals surface area contributed by atoms with Gasteiger partial charge in [-0.2, -0.15) is 5.10 Å². The summed E-state index contributed by atoms with van der Waals surface area (Å²) in [6.45, 7) is 0.837. The number of H-pyrrole nitrogens is 1. The lowest BCUT2D eigenvalue weighted by molar-refractivity contribution is -0.0999. The SMILES string of the molecule is Cc1cc(=O)[nH]c(N/N=C/[C@H](O)[C@@H](O)[C@H](O)[C@H](O)CO)n1. The van der Waals surface area contributed by atoms with Gasteiger partial charge >= 0.3 is 0 Å². The Hall–Kier alpha value is -1.85. The minimum atomic E-state index is -1.75. The van der Waals surface area contributed by atoms with Gasteiger partial charge in [-0.15, -0.1) is 0 Å². The summed E-state index contributed by atoms with van der Waals surface area (Å²) in [5, 5.41) is 49.7. The number of aromatic nitrogens is 2. The van der Waals surface area contributed by atoms with Crippen molar-refractivity contribution in [3.8, 4) is 0 Å². The number of anilines is 1. The number of hydrogen-bond donors (Lipinski definition) is 7. The van der Waals surface area contributed by atoms with Gasteiger partial charge in [-0.3, -0.25) is 9.78 Å². The zero-order valence-corrected chi connectivity index (χ0v) is 11.2. The molecule has 0 aromatic carbocycles. The Labute approximate surface area is 119 Å². The molecule has 1 rings (SSSR count). The second-order valence-corrected chi connectivity index (χ2v) is 4.35. The zero-order chi connectivity index (χ0) is 16.0. The summed E-state index contributed by atoms with van der Waals surface area (Å²) in [6.07, 6.45) is -5.84. The maximum atomic E-state index is 11.2. The zero-order valence-electron chi connectivity index (χ0n) is 11.2. The van der Waals surface area contributed by atoms with E-state index < -0.39 is 31.0 Å². The molecule has 1 heterocycles. The van der Waals surface area contributed by atoms with Crippen molar-refractivity contribution in [1.82, 2.24) is 9.97 Å². The van der Waals surface area contributed by atoms with Crippen LogP contribution in [0.25, 0.3) is 0 Å². The van der Waals surface area contributed by atoms with Crippen molar-refractivity contribution >= 4 is 12.2 Å². The van der Waals surface area contributed by atoms with Gasteiger partial charge in [0.2, 0.25) is 5.95 Å². The van der Waals surface area contributed by atoms with Crippen LogP contribution in [0.15, 0.2) is 16.0 Å². The van der Waals surface area contributed by atoms with Crippen LogP contribution in [0.1, 0.15) is 5.69 Å². The number of nitrogens with one attached hydrogen (secondary N) is 2. The molecule has 10 heteroatoms. The number of nitrogens with zero attached hydrogens (tertiary/aromatic N) is 2. The first-order chi connectivity index (χ1) is 9.85. The van der Waals surface area contributed by atoms with Crippen molar-refractivity contribution in [2.24, 2.45) is 5.10 Å². The van der Waals surface area contributed by atoms with E-state index in [0.29, 0.717) is 5.69 Å². The average molecular weight is 302 g/mol. The van der Waals surface area contributed by atoms with E-state index in [2.05, 4.69) is 20.5 Å². The van der Waals surface area contributed by atoms with Gasteiger partial charge in [-0.05, 0) is 6.92 Å². The van der Waals surface area contributed by atoms with Gasteiger partial charge in [-0.1, -0.05) is 0 Å². The molecule has 4 atom stereocenters. The molecule has 10 nitrogen and oxygen atoms in total. The van der Waals surface area contributed by atoms with Gasteiger partial charge in [0.25, 0.3) is 5.56 Å². The topological polar surface area (TPSA) is 171 Å². The fourth-order valence-corrected chi connectivity index (χ4v) is 1.43. The van der Waals surface area contributed by atoms with E-state index in [9.17, 15) is 20.1 Å². The Morgan fingerprint density at radius 2 is 2.05 bits per heavy atom. The van der Waals surface area contributed by atoms with Gasteiger partial charge in [0, 0.05) is 11.8 Å². The van der Waals surface area contributed by atoms with Crippen LogP contribution in [-0.2, 0) is 0 Å². The first kappa shape index (κ1) is 17.2. The average Bonchev–Trinajstić information content (AvgIpc) is 2.43. The Balaban J connectivity index is 2.61. The Morgan fingerprint density at radius 1 is 1.38 bits per heavy atom. The molecule has 0 saturated carbocycles. The van der Waals surface area contributed by atoms with Crippen molar-refractivity contribution in [1.29, 1.82) is 0 Å². The molecule has 0 aliphatic carbocycles. The van der Waals surface area contributed by atoms with E-state index in [4.69, 9.17) is 10.2 Å². The smallest absolute Gasteiger partial charge is 0.252 e. The van der Waals surface area contributed by atoms with Crippen LogP contribution in [0.3, 0.4) is 0 Å². The van der Waals surface area contributed by atoms with Crippen LogP contribution in [0.5, 0.6) is 0 Å². The molecule has 0 bridgehead atoms. The quantitative estimate of drug-likeness (QED) is 0.205. The van der Waals surface area contributed by atoms with Crippen LogP contribution in [-0.4, -0.2) is 72.7 Å². The van der Waals surface area contributed by atoms with E-state index in [1.807, 2.05) is 0 Å². The van der Waals surface area contributed by atoms with E-state index in [1.165, 1.54) is 6.07 Å². The predicted octanol–water partition coefficient (Wildman–Crippen LogP) is -3.09. The van der Waals surface area contributed by atoms with Crippen LogP contribution < -0.4 is 11.0 Å². The van der Waals surface area contributed by atoms with Gasteiger partial charge in [-0.25, -0.2) is 10.4 Å². The Kier molecular flexibility index (Phi) is 6.39. The molecule has 0 aliphatic rings. The van der Waals surface area contributed by atoms with Gasteiger partial charge < -0.3 is 25.5 Å². The van der Waals surface area contributed by atoms with Crippen molar-refractivity contribution in [3.05, 3.63) is 22.1 Å². The minimum Gasteiger partial charge on any atom is -0.394 e. The number of aromatic amines is 1. The van der Waals surface area contributed by atoms with Gasteiger partial charge in [0.05, 0.1) is 12.8 Å². The lowest BCUT2D eigenvalue weighted by atomic mass is 10.0. The van der Waals surface area contributed by atoms with Crippen LogP contribution in [0.2, 0.25) is 0 Å². The third-order valence-electron chi connectivity index (χ3n) is 2.55. The fourth-order valence-electron chi connectivity index (χ4n) is 1.43. The molecule has 7 N–H and O–H groups in total. The lowest BCUT2D eigenvalue weighted by Gasteiger charge is -2.23. The first-order valence-electron chi connectivity index (χ1n) is 6.05. The molecule has 0 fully saturated rings. The summed E-state index contributed by atoms with van der Waals surface area (Å²) in [5.41, 5.74) is 2.40. The summed E-state index contributed by atoms with van der Waals surface area (Å²) in [6, 6.07) is 1.28. The van der Waals surface area contributed by atoms with Crippen molar-refractivity contribution < 1.29 is 25.5 Å². The molecule has 1 aromatic rings.